The Morgan fingerprint density at radius 3 is 2.33 bits per heavy atom. The molecule has 0 aromatic heterocycles. The molecule has 0 fully saturated rings. The minimum absolute atomic E-state index is 0. The second-order valence-corrected chi connectivity index (χ2v) is 4.55. The number of anilines is 1. The zero-order valence-corrected chi connectivity index (χ0v) is 14.6. The van der Waals surface area contributed by atoms with Gasteiger partial charge in [-0.25, -0.2) is 0 Å². The molecular formula is C14H22ClNOW. The Kier molecular flexibility index (Phi) is 10.8. The number of aliphatic hydroxyl groups excluding tert-OH is 1. The summed E-state index contributed by atoms with van der Waals surface area (Å²) in [6.45, 7) is 4.38. The van der Waals surface area contributed by atoms with Gasteiger partial charge >= 0.3 is 0 Å². The van der Waals surface area contributed by atoms with Gasteiger partial charge in [0.25, 0.3) is 0 Å². The average molecular weight is 440 g/mol. The van der Waals surface area contributed by atoms with Crippen molar-refractivity contribution in [3.05, 3.63) is 29.8 Å². The van der Waals surface area contributed by atoms with Gasteiger partial charge in [0.2, 0.25) is 0 Å². The van der Waals surface area contributed by atoms with Gasteiger partial charge in [-0.1, -0.05) is 19.1 Å². The molecule has 0 aliphatic carbocycles. The summed E-state index contributed by atoms with van der Waals surface area (Å²) in [5.41, 5.74) is 2.52. The number of hydrogen-bond donors (Lipinski definition) is 1. The largest absolute Gasteiger partial charge is 0.396 e. The van der Waals surface area contributed by atoms with Crippen LogP contribution in [-0.2, 0) is 27.5 Å². The third kappa shape index (κ3) is 6.22. The number of aryl methyl sites for hydroxylation is 1. The first-order valence-electron chi connectivity index (χ1n) is 6.32. The molecule has 0 unspecified atom stereocenters. The zero-order chi connectivity index (χ0) is 12.5. The standard InChI is InChI=1S/C14H22ClNO.W/c1-2-10-16(11-9-15)14-7-5-13(6-8-14)4-3-12-17;/h5-8,17H,2-4,9-12H2,1H3;. The molecule has 0 heterocycles. The summed E-state index contributed by atoms with van der Waals surface area (Å²) in [5, 5.41) is 8.79. The van der Waals surface area contributed by atoms with Crippen molar-refractivity contribution in [2.75, 3.05) is 30.5 Å². The maximum Gasteiger partial charge on any atom is 0.0434 e. The molecule has 0 radical (unpaired) electrons. The molecule has 18 heavy (non-hydrogen) atoms. The number of aliphatic hydroxyl groups is 1. The molecule has 102 valence electrons. The number of halogens is 1. The maximum atomic E-state index is 8.79. The van der Waals surface area contributed by atoms with Crippen LogP contribution in [0.15, 0.2) is 24.3 Å². The number of nitrogens with zero attached hydrogens (tertiary/aromatic N) is 1. The Bertz CT molecular complexity index is 299. The number of benzene rings is 1. The summed E-state index contributed by atoms with van der Waals surface area (Å²) in [7, 11) is 0. The molecule has 0 spiro atoms. The second-order valence-electron chi connectivity index (χ2n) is 4.17. The molecule has 1 aromatic carbocycles. The van der Waals surface area contributed by atoms with Gasteiger partial charge in [0.15, 0.2) is 0 Å². The van der Waals surface area contributed by atoms with Crippen molar-refractivity contribution < 1.29 is 26.2 Å². The van der Waals surface area contributed by atoms with E-state index < -0.39 is 0 Å². The van der Waals surface area contributed by atoms with Crippen LogP contribution in [0.25, 0.3) is 0 Å². The molecule has 1 N–H and O–H groups in total. The molecule has 0 aliphatic heterocycles. The molecule has 1 aromatic rings. The topological polar surface area (TPSA) is 23.5 Å². The van der Waals surface area contributed by atoms with E-state index in [2.05, 4.69) is 36.1 Å². The quantitative estimate of drug-likeness (QED) is 0.630. The summed E-state index contributed by atoms with van der Waals surface area (Å²) in [6, 6.07) is 8.58. The summed E-state index contributed by atoms with van der Waals surface area (Å²) in [4.78, 5) is 2.31. The zero-order valence-electron chi connectivity index (χ0n) is 10.9. The van der Waals surface area contributed by atoms with Crippen LogP contribution in [0.1, 0.15) is 25.3 Å². The van der Waals surface area contributed by atoms with E-state index in [0.717, 1.165) is 32.4 Å². The third-order valence-electron chi connectivity index (χ3n) is 2.77. The van der Waals surface area contributed by atoms with E-state index in [1.165, 1.54) is 11.3 Å². The summed E-state index contributed by atoms with van der Waals surface area (Å²) in [5.74, 6) is 0.659. The molecule has 0 aliphatic rings. The van der Waals surface area contributed by atoms with Crippen LogP contribution in [0.3, 0.4) is 0 Å². The molecule has 0 bridgehead atoms. The molecule has 0 saturated carbocycles. The Morgan fingerprint density at radius 2 is 1.83 bits per heavy atom. The minimum Gasteiger partial charge on any atom is -0.396 e. The van der Waals surface area contributed by atoms with Crippen molar-refractivity contribution in [2.24, 2.45) is 0 Å². The van der Waals surface area contributed by atoms with Crippen molar-refractivity contribution in [1.82, 2.24) is 0 Å². The van der Waals surface area contributed by atoms with Gasteiger partial charge in [-0.15, -0.1) is 11.6 Å². The van der Waals surface area contributed by atoms with Gasteiger partial charge < -0.3 is 10.0 Å². The minimum atomic E-state index is 0. The van der Waals surface area contributed by atoms with E-state index in [1.807, 2.05) is 0 Å². The van der Waals surface area contributed by atoms with Gasteiger partial charge in [-0.2, -0.15) is 0 Å². The first-order valence-corrected chi connectivity index (χ1v) is 6.86. The van der Waals surface area contributed by atoms with Crippen LogP contribution in [0.2, 0.25) is 0 Å². The Hall–Kier alpha value is -0.0417. The predicted octanol–water partition coefficient (Wildman–Crippen LogP) is 3.06. The van der Waals surface area contributed by atoms with Crippen LogP contribution in [0.4, 0.5) is 5.69 Å². The van der Waals surface area contributed by atoms with Gasteiger partial charge in [0, 0.05) is 52.3 Å². The van der Waals surface area contributed by atoms with Crippen molar-refractivity contribution >= 4 is 17.3 Å². The normalized spacial score (nSPS) is 9.94. The first-order chi connectivity index (χ1) is 8.31. The van der Waals surface area contributed by atoms with Crippen molar-refractivity contribution in [3.63, 3.8) is 0 Å². The van der Waals surface area contributed by atoms with E-state index in [1.54, 1.807) is 0 Å². The van der Waals surface area contributed by atoms with Crippen LogP contribution >= 0.6 is 11.6 Å². The Balaban J connectivity index is 0.00000289. The molecule has 1 rings (SSSR count). The van der Waals surface area contributed by atoms with E-state index in [4.69, 9.17) is 16.7 Å². The van der Waals surface area contributed by atoms with Crippen molar-refractivity contribution in [1.29, 1.82) is 0 Å². The fraction of sp³-hybridized carbons (Fsp3) is 0.571. The number of hydrogen-bond acceptors (Lipinski definition) is 2. The average Bonchev–Trinajstić information content (AvgIpc) is 2.37. The molecule has 0 saturated heterocycles. The summed E-state index contributed by atoms with van der Waals surface area (Å²) < 4.78 is 0. The van der Waals surface area contributed by atoms with E-state index in [9.17, 15) is 0 Å². The van der Waals surface area contributed by atoms with Gasteiger partial charge in [0.1, 0.15) is 0 Å². The SMILES string of the molecule is CCCN(CCCl)c1ccc(CCCO)cc1.[W]. The Labute approximate surface area is 130 Å². The summed E-state index contributed by atoms with van der Waals surface area (Å²) in [6.07, 6.45) is 2.91. The predicted molar refractivity (Wildman–Crippen MR) is 75.1 cm³/mol. The molecule has 2 nitrogen and oxygen atoms in total. The molecule has 4 heteroatoms. The van der Waals surface area contributed by atoms with Crippen LogP contribution < -0.4 is 4.90 Å². The van der Waals surface area contributed by atoms with Gasteiger partial charge in [0.05, 0.1) is 0 Å². The van der Waals surface area contributed by atoms with E-state index in [0.29, 0.717) is 5.88 Å². The first kappa shape index (κ1) is 18.0. The fourth-order valence-electron chi connectivity index (χ4n) is 1.90. The monoisotopic (exact) mass is 439 g/mol. The molecule has 0 amide bonds. The smallest absolute Gasteiger partial charge is 0.0434 e. The third-order valence-corrected chi connectivity index (χ3v) is 2.94. The number of rotatable bonds is 8. The maximum absolute atomic E-state index is 8.79. The van der Waals surface area contributed by atoms with E-state index >= 15 is 0 Å². The van der Waals surface area contributed by atoms with E-state index in [-0.39, 0.29) is 27.7 Å². The fourth-order valence-corrected chi connectivity index (χ4v) is 2.10. The van der Waals surface area contributed by atoms with Crippen molar-refractivity contribution in [3.8, 4) is 0 Å². The summed E-state index contributed by atoms with van der Waals surface area (Å²) >= 11 is 5.81. The van der Waals surface area contributed by atoms with Crippen molar-refractivity contribution in [2.45, 2.75) is 26.2 Å². The Morgan fingerprint density at radius 1 is 1.17 bits per heavy atom. The molecule has 0 atom stereocenters. The van der Waals surface area contributed by atoms with Crippen LogP contribution in [0.5, 0.6) is 0 Å². The van der Waals surface area contributed by atoms with Crippen LogP contribution in [-0.4, -0.2) is 30.7 Å². The second kappa shape index (κ2) is 10.8. The van der Waals surface area contributed by atoms with Crippen LogP contribution in [0, 0.1) is 0 Å². The van der Waals surface area contributed by atoms with Gasteiger partial charge in [-0.05, 0) is 37.0 Å². The molecular weight excluding hydrogens is 417 g/mol. The van der Waals surface area contributed by atoms with Gasteiger partial charge in [-0.3, -0.25) is 0 Å². The number of alkyl halides is 1.